The van der Waals surface area contributed by atoms with Gasteiger partial charge in [-0.2, -0.15) is 0 Å². The van der Waals surface area contributed by atoms with Crippen molar-refractivity contribution >= 4 is 40.6 Å². The van der Waals surface area contributed by atoms with Crippen molar-refractivity contribution in [2.75, 3.05) is 11.9 Å². The molecule has 1 aromatic heterocycles. The van der Waals surface area contributed by atoms with E-state index in [0.29, 0.717) is 10.6 Å². The minimum Gasteiger partial charge on any atom is -0.325 e. The molecule has 1 fully saturated rings. The monoisotopic (exact) mass is 487 g/mol. The maximum absolute atomic E-state index is 12.9. The highest BCUT2D eigenvalue weighted by Gasteiger charge is 2.36. The van der Waals surface area contributed by atoms with Crippen LogP contribution in [0.2, 0.25) is 0 Å². The van der Waals surface area contributed by atoms with Gasteiger partial charge in [-0.1, -0.05) is 51.1 Å². The van der Waals surface area contributed by atoms with E-state index in [0.717, 1.165) is 39.3 Å². The minimum atomic E-state index is -0.456. The number of nitrogens with one attached hydrogen (secondary N) is 1. The number of imide groups is 1. The quantitative estimate of drug-likeness (QED) is 0.444. The first-order valence-electron chi connectivity index (χ1n) is 11.4. The van der Waals surface area contributed by atoms with Crippen molar-refractivity contribution in [1.82, 2.24) is 9.47 Å². The summed E-state index contributed by atoms with van der Waals surface area (Å²) >= 11 is 0.859. The number of thioether (sulfide) groups is 1. The lowest BCUT2D eigenvalue weighted by Gasteiger charge is -2.20. The second-order valence-corrected chi connectivity index (χ2v) is 10.6. The van der Waals surface area contributed by atoms with Crippen LogP contribution < -0.4 is 5.32 Å². The molecule has 1 saturated heterocycles. The van der Waals surface area contributed by atoms with Crippen molar-refractivity contribution in [3.05, 3.63) is 88.1 Å². The van der Waals surface area contributed by atoms with Gasteiger partial charge in [0.15, 0.2) is 0 Å². The third-order valence-corrected chi connectivity index (χ3v) is 6.89. The molecule has 180 valence electrons. The zero-order valence-electron chi connectivity index (χ0n) is 20.6. The smallest absolute Gasteiger partial charge is 0.294 e. The molecule has 0 radical (unpaired) electrons. The van der Waals surface area contributed by atoms with E-state index in [-0.39, 0.29) is 12.0 Å². The van der Waals surface area contributed by atoms with Gasteiger partial charge >= 0.3 is 0 Å². The Morgan fingerprint density at radius 3 is 2.29 bits per heavy atom. The molecular formula is C28H29N3O3S. The van der Waals surface area contributed by atoms with Crippen molar-refractivity contribution in [2.24, 2.45) is 0 Å². The van der Waals surface area contributed by atoms with E-state index in [4.69, 9.17) is 0 Å². The van der Waals surface area contributed by atoms with Crippen LogP contribution in [0.15, 0.2) is 65.6 Å². The first kappa shape index (κ1) is 24.5. The largest absolute Gasteiger partial charge is 0.325 e. The number of aryl methyl sites for hydroxylation is 1. The summed E-state index contributed by atoms with van der Waals surface area (Å²) < 4.78 is 2.13. The maximum atomic E-state index is 12.9. The number of aromatic nitrogens is 1. The summed E-state index contributed by atoms with van der Waals surface area (Å²) in [6.07, 6.45) is 1.74. The Labute approximate surface area is 210 Å². The fraction of sp³-hybridized carbons (Fsp3) is 0.250. The minimum absolute atomic E-state index is 0.0748. The molecule has 3 amide bonds. The highest BCUT2D eigenvalue weighted by molar-refractivity contribution is 8.18. The van der Waals surface area contributed by atoms with Crippen LogP contribution in [0.1, 0.15) is 43.3 Å². The Bertz CT molecular complexity index is 1320. The average molecular weight is 488 g/mol. The molecule has 0 bridgehead atoms. The molecule has 0 atom stereocenters. The Balaban J connectivity index is 1.53. The van der Waals surface area contributed by atoms with Crippen molar-refractivity contribution in [3.8, 4) is 5.69 Å². The standard InChI is InChI=1S/C28H29N3O3S/c1-18-15-20(19(2)31(18)23-13-11-21(12-14-23)28(3,4)5)16-24-26(33)30(27(34)35-24)17-25(32)29-22-9-7-6-8-10-22/h6-16H,17H2,1-5H3,(H,29,32)/b24-16-. The van der Waals surface area contributed by atoms with Gasteiger partial charge in [-0.15, -0.1) is 0 Å². The number of amides is 3. The van der Waals surface area contributed by atoms with E-state index >= 15 is 0 Å². The van der Waals surface area contributed by atoms with Crippen LogP contribution >= 0.6 is 11.8 Å². The molecule has 1 N–H and O–H groups in total. The Hall–Kier alpha value is -3.58. The summed E-state index contributed by atoms with van der Waals surface area (Å²) in [5, 5.41) is 2.26. The van der Waals surface area contributed by atoms with Crippen molar-refractivity contribution < 1.29 is 14.4 Å². The maximum Gasteiger partial charge on any atom is 0.294 e. The number of rotatable bonds is 5. The van der Waals surface area contributed by atoms with E-state index < -0.39 is 17.1 Å². The SMILES string of the molecule is Cc1cc(/C=C2\SC(=O)N(CC(=O)Nc3ccccc3)C2=O)c(C)n1-c1ccc(C(C)(C)C)cc1. The van der Waals surface area contributed by atoms with Crippen LogP contribution in [0.3, 0.4) is 0 Å². The van der Waals surface area contributed by atoms with E-state index in [2.05, 4.69) is 54.9 Å². The summed E-state index contributed by atoms with van der Waals surface area (Å²) in [7, 11) is 0. The van der Waals surface area contributed by atoms with Gasteiger partial charge in [0.25, 0.3) is 11.1 Å². The number of carbonyl (C=O) groups excluding carboxylic acids is 3. The lowest BCUT2D eigenvalue weighted by molar-refractivity contribution is -0.127. The molecule has 6 nitrogen and oxygen atoms in total. The summed E-state index contributed by atoms with van der Waals surface area (Å²) in [6.45, 7) is 10.2. The molecule has 0 aliphatic carbocycles. The Morgan fingerprint density at radius 2 is 1.66 bits per heavy atom. The molecule has 3 aromatic rings. The number of hydrogen-bond donors (Lipinski definition) is 1. The van der Waals surface area contributed by atoms with Crippen LogP contribution in [0, 0.1) is 13.8 Å². The molecule has 0 unspecified atom stereocenters. The van der Waals surface area contributed by atoms with Gasteiger partial charge in [-0.05, 0) is 78.6 Å². The molecule has 1 aliphatic heterocycles. The van der Waals surface area contributed by atoms with E-state index in [9.17, 15) is 14.4 Å². The lowest BCUT2D eigenvalue weighted by atomic mass is 9.87. The van der Waals surface area contributed by atoms with Gasteiger partial charge in [0.2, 0.25) is 5.91 Å². The van der Waals surface area contributed by atoms with Crippen molar-refractivity contribution in [3.63, 3.8) is 0 Å². The van der Waals surface area contributed by atoms with Gasteiger partial charge in [-0.3, -0.25) is 19.3 Å². The molecule has 2 aromatic carbocycles. The van der Waals surface area contributed by atoms with E-state index in [1.54, 1.807) is 30.3 Å². The van der Waals surface area contributed by atoms with Crippen LogP contribution in [-0.4, -0.2) is 33.1 Å². The van der Waals surface area contributed by atoms with Crippen molar-refractivity contribution in [2.45, 2.75) is 40.0 Å². The first-order valence-corrected chi connectivity index (χ1v) is 12.3. The van der Waals surface area contributed by atoms with Gasteiger partial charge < -0.3 is 9.88 Å². The number of hydrogen-bond acceptors (Lipinski definition) is 4. The molecule has 0 saturated carbocycles. The average Bonchev–Trinajstić information content (AvgIpc) is 3.23. The van der Waals surface area contributed by atoms with Gasteiger partial charge in [0, 0.05) is 22.8 Å². The summed E-state index contributed by atoms with van der Waals surface area (Å²) in [6, 6.07) is 19.4. The van der Waals surface area contributed by atoms with Crippen LogP contribution in [0.4, 0.5) is 10.5 Å². The third-order valence-electron chi connectivity index (χ3n) is 5.98. The topological polar surface area (TPSA) is 71.4 Å². The molecule has 1 aliphatic rings. The predicted octanol–water partition coefficient (Wildman–Crippen LogP) is 6.07. The summed E-state index contributed by atoms with van der Waals surface area (Å²) in [5.41, 5.74) is 5.85. The highest BCUT2D eigenvalue weighted by atomic mass is 32.2. The predicted molar refractivity (Wildman–Crippen MR) is 142 cm³/mol. The number of benzene rings is 2. The van der Waals surface area contributed by atoms with Crippen LogP contribution in [0.25, 0.3) is 11.8 Å². The van der Waals surface area contributed by atoms with Gasteiger partial charge in [0.1, 0.15) is 6.54 Å². The lowest BCUT2D eigenvalue weighted by Crippen LogP contribution is -2.36. The zero-order valence-corrected chi connectivity index (χ0v) is 21.4. The molecule has 2 heterocycles. The summed E-state index contributed by atoms with van der Waals surface area (Å²) in [4.78, 5) is 39.1. The molecular weight excluding hydrogens is 458 g/mol. The highest BCUT2D eigenvalue weighted by Crippen LogP contribution is 2.34. The Kier molecular flexibility index (Phi) is 6.72. The normalized spacial score (nSPS) is 15.2. The number of para-hydroxylation sites is 1. The van der Waals surface area contributed by atoms with E-state index in [1.165, 1.54) is 5.56 Å². The summed E-state index contributed by atoms with van der Waals surface area (Å²) in [5.74, 6) is -0.876. The number of nitrogens with zero attached hydrogens (tertiary/aromatic N) is 2. The second-order valence-electron chi connectivity index (χ2n) is 9.64. The fourth-order valence-electron chi connectivity index (χ4n) is 4.08. The first-order chi connectivity index (χ1) is 16.5. The zero-order chi connectivity index (χ0) is 25.3. The molecule has 4 rings (SSSR count). The number of anilines is 1. The fourth-order valence-corrected chi connectivity index (χ4v) is 4.91. The Morgan fingerprint density at radius 1 is 1.00 bits per heavy atom. The molecule has 0 spiro atoms. The van der Waals surface area contributed by atoms with Crippen LogP contribution in [0.5, 0.6) is 0 Å². The van der Waals surface area contributed by atoms with E-state index in [1.807, 2.05) is 26.0 Å². The van der Waals surface area contributed by atoms with Crippen LogP contribution in [-0.2, 0) is 15.0 Å². The molecule has 35 heavy (non-hydrogen) atoms. The van der Waals surface area contributed by atoms with Gasteiger partial charge in [0.05, 0.1) is 4.91 Å². The third kappa shape index (κ3) is 5.25. The van der Waals surface area contributed by atoms with Crippen molar-refractivity contribution in [1.29, 1.82) is 0 Å². The molecule has 7 heteroatoms. The van der Waals surface area contributed by atoms with Gasteiger partial charge in [-0.25, -0.2) is 0 Å². The number of carbonyl (C=O) groups is 3. The second kappa shape index (κ2) is 9.58.